The third-order valence-electron chi connectivity index (χ3n) is 3.68. The van der Waals surface area contributed by atoms with E-state index in [1.807, 2.05) is 37.3 Å². The van der Waals surface area contributed by atoms with E-state index in [1.54, 1.807) is 29.5 Å². The highest BCUT2D eigenvalue weighted by atomic mass is 15.3. The van der Waals surface area contributed by atoms with Gasteiger partial charge in [-0.15, -0.1) is 0 Å². The molecule has 0 aliphatic rings. The van der Waals surface area contributed by atoms with E-state index in [0.717, 1.165) is 27.8 Å². The fourth-order valence-electron chi connectivity index (χ4n) is 2.50. The highest BCUT2D eigenvalue weighted by Gasteiger charge is 2.10. The van der Waals surface area contributed by atoms with Gasteiger partial charge in [0, 0.05) is 18.0 Å². The normalized spacial score (nSPS) is 11.2. The van der Waals surface area contributed by atoms with Gasteiger partial charge in [-0.3, -0.25) is 10.4 Å². The predicted octanol–water partition coefficient (Wildman–Crippen LogP) is 2.96. The Kier molecular flexibility index (Phi) is 3.88. The van der Waals surface area contributed by atoms with E-state index in [0.29, 0.717) is 5.82 Å². The summed E-state index contributed by atoms with van der Waals surface area (Å²) in [6.45, 7) is 2.05. The van der Waals surface area contributed by atoms with Gasteiger partial charge >= 0.3 is 0 Å². The van der Waals surface area contributed by atoms with Gasteiger partial charge < -0.3 is 0 Å². The van der Waals surface area contributed by atoms with Gasteiger partial charge in [0.05, 0.1) is 23.5 Å². The zero-order valence-electron chi connectivity index (χ0n) is 13.5. The van der Waals surface area contributed by atoms with Crippen LogP contribution in [0, 0.1) is 6.92 Å². The summed E-state index contributed by atoms with van der Waals surface area (Å²) in [5, 5.41) is 9.46. The number of hydrazone groups is 1. The lowest BCUT2D eigenvalue weighted by atomic mass is 10.2. The van der Waals surface area contributed by atoms with Crippen LogP contribution in [-0.4, -0.2) is 30.9 Å². The third kappa shape index (κ3) is 3.07. The Morgan fingerprint density at radius 2 is 2.08 bits per heavy atom. The Bertz CT molecular complexity index is 1040. The number of benzene rings is 1. The quantitative estimate of drug-likeness (QED) is 0.460. The monoisotopic (exact) mass is 329 g/mol. The van der Waals surface area contributed by atoms with Crippen LogP contribution in [0.1, 0.15) is 11.1 Å². The zero-order valence-corrected chi connectivity index (χ0v) is 13.5. The number of fused-ring (bicyclic) bond motifs is 1. The minimum absolute atomic E-state index is 0.601. The first-order valence-corrected chi connectivity index (χ1v) is 7.76. The lowest BCUT2D eigenvalue weighted by Crippen LogP contribution is -1.99. The van der Waals surface area contributed by atoms with Gasteiger partial charge in [0.15, 0.2) is 11.5 Å². The van der Waals surface area contributed by atoms with Crippen molar-refractivity contribution < 1.29 is 0 Å². The highest BCUT2D eigenvalue weighted by Crippen LogP contribution is 2.21. The molecular formula is C18H15N7. The van der Waals surface area contributed by atoms with Crippen LogP contribution in [0.3, 0.4) is 0 Å². The smallest absolute Gasteiger partial charge is 0.168 e. The number of hydrogen-bond donors (Lipinski definition) is 1. The lowest BCUT2D eigenvalue weighted by Gasteiger charge is -2.04. The highest BCUT2D eigenvalue weighted by molar-refractivity contribution is 5.88. The molecule has 0 aliphatic carbocycles. The van der Waals surface area contributed by atoms with E-state index < -0.39 is 0 Å². The van der Waals surface area contributed by atoms with Gasteiger partial charge in [-0.1, -0.05) is 18.2 Å². The molecule has 0 aliphatic heterocycles. The number of nitrogens with one attached hydrogen (secondary N) is 1. The Balaban J connectivity index is 1.66. The molecule has 3 aromatic heterocycles. The Labute approximate surface area is 144 Å². The van der Waals surface area contributed by atoms with E-state index >= 15 is 0 Å². The molecule has 1 N–H and O–H groups in total. The number of pyridine rings is 1. The molecule has 25 heavy (non-hydrogen) atoms. The number of rotatable bonds is 4. The molecule has 0 saturated heterocycles. The van der Waals surface area contributed by atoms with Crippen molar-refractivity contribution in [1.29, 1.82) is 0 Å². The second kappa shape index (κ2) is 6.48. The minimum Gasteiger partial charge on any atom is -0.264 e. The fourth-order valence-corrected chi connectivity index (χ4v) is 2.50. The minimum atomic E-state index is 0.601. The van der Waals surface area contributed by atoms with E-state index in [1.165, 1.54) is 6.33 Å². The predicted molar refractivity (Wildman–Crippen MR) is 96.9 cm³/mol. The first-order chi connectivity index (χ1) is 12.3. The number of anilines is 1. The van der Waals surface area contributed by atoms with Crippen LogP contribution in [0.2, 0.25) is 0 Å². The molecule has 122 valence electrons. The van der Waals surface area contributed by atoms with Crippen LogP contribution in [-0.2, 0) is 0 Å². The second-order valence-electron chi connectivity index (χ2n) is 5.51. The summed E-state index contributed by atoms with van der Waals surface area (Å²) in [4.78, 5) is 12.7. The molecule has 0 radical (unpaired) electrons. The van der Waals surface area contributed by atoms with Gasteiger partial charge in [0.25, 0.3) is 0 Å². The summed E-state index contributed by atoms with van der Waals surface area (Å²) in [5.74, 6) is 0.601. The molecule has 4 rings (SSSR count). The Hall–Kier alpha value is -3.61. The van der Waals surface area contributed by atoms with Crippen LogP contribution < -0.4 is 5.43 Å². The van der Waals surface area contributed by atoms with Gasteiger partial charge in [0.2, 0.25) is 0 Å². The zero-order chi connectivity index (χ0) is 17.1. The first-order valence-electron chi connectivity index (χ1n) is 7.76. The van der Waals surface area contributed by atoms with Crippen molar-refractivity contribution in [2.45, 2.75) is 6.92 Å². The van der Waals surface area contributed by atoms with Crippen molar-refractivity contribution in [2.75, 3.05) is 5.43 Å². The lowest BCUT2D eigenvalue weighted by molar-refractivity contribution is 0.893. The van der Waals surface area contributed by atoms with Crippen molar-refractivity contribution in [3.8, 4) is 5.69 Å². The van der Waals surface area contributed by atoms with Crippen LogP contribution in [0.5, 0.6) is 0 Å². The summed E-state index contributed by atoms with van der Waals surface area (Å²) in [6.07, 6.45) is 8.37. The average Bonchev–Trinajstić information content (AvgIpc) is 3.08. The molecule has 0 amide bonds. The van der Waals surface area contributed by atoms with Gasteiger partial charge in [-0.25, -0.2) is 14.6 Å². The van der Waals surface area contributed by atoms with Crippen LogP contribution in [0.25, 0.3) is 16.7 Å². The SMILES string of the molecule is Cc1cccc(-n2ncc3c(NN=Cc4cccnc4)ncnc32)c1. The van der Waals surface area contributed by atoms with Crippen LogP contribution in [0.4, 0.5) is 5.82 Å². The van der Waals surface area contributed by atoms with Crippen LogP contribution in [0.15, 0.2) is 66.4 Å². The second-order valence-corrected chi connectivity index (χ2v) is 5.51. The van der Waals surface area contributed by atoms with Crippen molar-refractivity contribution in [3.63, 3.8) is 0 Å². The molecule has 0 fully saturated rings. The molecule has 0 bridgehead atoms. The summed E-state index contributed by atoms with van der Waals surface area (Å²) in [5.41, 5.74) is 6.69. The largest absolute Gasteiger partial charge is 0.264 e. The molecule has 7 heteroatoms. The van der Waals surface area contributed by atoms with E-state index in [2.05, 4.69) is 36.6 Å². The van der Waals surface area contributed by atoms with E-state index in [9.17, 15) is 0 Å². The molecule has 4 aromatic rings. The average molecular weight is 329 g/mol. The fraction of sp³-hybridized carbons (Fsp3) is 0.0556. The molecular weight excluding hydrogens is 314 g/mol. The summed E-state index contributed by atoms with van der Waals surface area (Å²) >= 11 is 0. The van der Waals surface area contributed by atoms with E-state index in [4.69, 9.17) is 0 Å². The molecule has 1 aromatic carbocycles. The van der Waals surface area contributed by atoms with Crippen molar-refractivity contribution in [1.82, 2.24) is 24.7 Å². The maximum Gasteiger partial charge on any atom is 0.168 e. The maximum atomic E-state index is 4.45. The first kappa shape index (κ1) is 14.9. The Morgan fingerprint density at radius 3 is 2.92 bits per heavy atom. The molecule has 0 atom stereocenters. The summed E-state index contributed by atoms with van der Waals surface area (Å²) in [6, 6.07) is 11.9. The standard InChI is InChI=1S/C18H15N7/c1-13-4-2-6-15(8-13)25-18-16(11-23-25)17(20-12-21-18)24-22-10-14-5-3-7-19-9-14/h2-12H,1H3,(H,20,21,24). The summed E-state index contributed by atoms with van der Waals surface area (Å²) in [7, 11) is 0. The topological polar surface area (TPSA) is 80.9 Å². The molecule has 0 spiro atoms. The van der Waals surface area contributed by atoms with Gasteiger partial charge in [-0.2, -0.15) is 10.2 Å². The number of hydrogen-bond acceptors (Lipinski definition) is 6. The maximum absolute atomic E-state index is 4.45. The van der Waals surface area contributed by atoms with Crippen molar-refractivity contribution in [2.24, 2.45) is 5.10 Å². The molecule has 0 unspecified atom stereocenters. The number of aryl methyl sites for hydroxylation is 1. The Morgan fingerprint density at radius 1 is 1.12 bits per heavy atom. The van der Waals surface area contributed by atoms with Crippen molar-refractivity contribution in [3.05, 3.63) is 72.4 Å². The molecule has 3 heterocycles. The molecule has 7 nitrogen and oxygen atoms in total. The molecule has 0 saturated carbocycles. The van der Waals surface area contributed by atoms with Crippen molar-refractivity contribution >= 4 is 23.1 Å². The summed E-state index contributed by atoms with van der Waals surface area (Å²) < 4.78 is 1.79. The number of nitrogens with zero attached hydrogens (tertiary/aromatic N) is 6. The van der Waals surface area contributed by atoms with E-state index in [-0.39, 0.29) is 0 Å². The third-order valence-corrected chi connectivity index (χ3v) is 3.68. The van der Waals surface area contributed by atoms with Crippen LogP contribution >= 0.6 is 0 Å². The van der Waals surface area contributed by atoms with Gasteiger partial charge in [-0.05, 0) is 30.7 Å². The van der Waals surface area contributed by atoms with Gasteiger partial charge in [0.1, 0.15) is 6.33 Å². The number of aromatic nitrogens is 5.